The largest absolute Gasteiger partial charge is 0.444 e. The van der Waals surface area contributed by atoms with Crippen LogP contribution in [0, 0.1) is 11.3 Å². The van der Waals surface area contributed by atoms with Crippen molar-refractivity contribution < 1.29 is 14.3 Å². The summed E-state index contributed by atoms with van der Waals surface area (Å²) in [5.74, 6) is 0.979. The molecule has 5 aliphatic rings. The van der Waals surface area contributed by atoms with Gasteiger partial charge in [-0.3, -0.25) is 4.98 Å². The number of rotatable bonds is 2. The molecule has 1 aromatic heterocycles. The van der Waals surface area contributed by atoms with E-state index in [1.54, 1.807) is 0 Å². The average molecular weight is 511 g/mol. The smallest absolute Gasteiger partial charge is 0.408 e. The topological polar surface area (TPSA) is 60.5 Å². The SMILES string of the molecule is CC(C)(C)OC(=O)N[C@@H]1C=CC2=CC3=CC[C@@]4(C)[C@@H](CC[C@H]4c4ccc5ccncc5c4)[C@@]34CC[C@]2(C1)O4. The first kappa shape index (κ1) is 24.1. The fourth-order valence-electron chi connectivity index (χ4n) is 8.49. The summed E-state index contributed by atoms with van der Waals surface area (Å²) in [6, 6.07) is 8.96. The second kappa shape index (κ2) is 8.05. The van der Waals surface area contributed by atoms with Crippen LogP contribution in [0.2, 0.25) is 0 Å². The molecule has 2 bridgehead atoms. The normalized spacial score (nSPS) is 37.1. The third kappa shape index (κ3) is 3.54. The second-order valence-corrected chi connectivity index (χ2v) is 13.4. The van der Waals surface area contributed by atoms with Crippen molar-refractivity contribution in [1.82, 2.24) is 10.3 Å². The first-order chi connectivity index (χ1) is 18.1. The van der Waals surface area contributed by atoms with E-state index in [2.05, 4.69) is 65.8 Å². The van der Waals surface area contributed by atoms with Crippen molar-refractivity contribution in [3.8, 4) is 0 Å². The van der Waals surface area contributed by atoms with E-state index in [1.807, 2.05) is 33.2 Å². The molecule has 1 aromatic carbocycles. The highest BCUT2D eigenvalue weighted by molar-refractivity contribution is 5.82. The number of pyridine rings is 1. The zero-order valence-corrected chi connectivity index (χ0v) is 22.9. The van der Waals surface area contributed by atoms with Gasteiger partial charge < -0.3 is 14.8 Å². The highest BCUT2D eigenvalue weighted by Crippen LogP contribution is 2.68. The van der Waals surface area contributed by atoms with Crippen molar-refractivity contribution in [2.75, 3.05) is 0 Å². The third-order valence-corrected chi connectivity index (χ3v) is 10.1. The minimum absolute atomic E-state index is 0.0970. The van der Waals surface area contributed by atoms with Crippen LogP contribution in [0.15, 0.2) is 72.1 Å². The van der Waals surface area contributed by atoms with Crippen LogP contribution < -0.4 is 5.32 Å². The minimum atomic E-state index is -0.516. The summed E-state index contributed by atoms with van der Waals surface area (Å²) in [5, 5.41) is 5.55. The molecule has 1 saturated carbocycles. The Labute approximate surface area is 225 Å². The van der Waals surface area contributed by atoms with E-state index < -0.39 is 5.60 Å². The Morgan fingerprint density at radius 2 is 2.00 bits per heavy atom. The van der Waals surface area contributed by atoms with E-state index >= 15 is 0 Å². The number of aromatic nitrogens is 1. The molecule has 2 aliphatic heterocycles. The highest BCUT2D eigenvalue weighted by Gasteiger charge is 2.66. The molecule has 1 saturated heterocycles. The number of nitrogens with one attached hydrogen (secondary N) is 1. The quantitative estimate of drug-likeness (QED) is 0.466. The average Bonchev–Trinajstić information content (AvgIpc) is 3.37. The lowest BCUT2D eigenvalue weighted by molar-refractivity contribution is -0.129. The molecule has 3 aliphatic carbocycles. The predicted molar refractivity (Wildman–Crippen MR) is 149 cm³/mol. The molecule has 38 heavy (non-hydrogen) atoms. The van der Waals surface area contributed by atoms with E-state index in [9.17, 15) is 4.79 Å². The van der Waals surface area contributed by atoms with Crippen molar-refractivity contribution in [1.29, 1.82) is 0 Å². The van der Waals surface area contributed by atoms with Gasteiger partial charge in [-0.2, -0.15) is 0 Å². The third-order valence-electron chi connectivity index (χ3n) is 10.1. The van der Waals surface area contributed by atoms with Crippen LogP contribution in [0.4, 0.5) is 4.79 Å². The van der Waals surface area contributed by atoms with Crippen molar-refractivity contribution in [3.05, 3.63) is 77.7 Å². The summed E-state index contributed by atoms with van der Waals surface area (Å²) >= 11 is 0. The first-order valence-corrected chi connectivity index (χ1v) is 14.2. The number of hydrogen-bond acceptors (Lipinski definition) is 4. The van der Waals surface area contributed by atoms with Gasteiger partial charge in [-0.25, -0.2) is 4.79 Å². The number of carbonyl (C=O) groups excluding carboxylic acids is 1. The van der Waals surface area contributed by atoms with Gasteiger partial charge in [0.1, 0.15) is 5.60 Å². The van der Waals surface area contributed by atoms with Crippen LogP contribution in [-0.4, -0.2) is 33.9 Å². The second-order valence-electron chi connectivity index (χ2n) is 13.4. The number of fused-ring (bicyclic) bond motifs is 2. The van der Waals surface area contributed by atoms with Gasteiger partial charge >= 0.3 is 6.09 Å². The first-order valence-electron chi connectivity index (χ1n) is 14.2. The predicted octanol–water partition coefficient (Wildman–Crippen LogP) is 7.15. The van der Waals surface area contributed by atoms with Gasteiger partial charge in [0.25, 0.3) is 0 Å². The number of alkyl carbamates (subject to hydrolysis) is 1. The minimum Gasteiger partial charge on any atom is -0.444 e. The van der Waals surface area contributed by atoms with Gasteiger partial charge in [0, 0.05) is 24.2 Å². The Balaban J connectivity index is 1.18. The Morgan fingerprint density at radius 1 is 1.13 bits per heavy atom. The zero-order valence-electron chi connectivity index (χ0n) is 22.9. The Hall–Kier alpha value is -2.92. The molecule has 2 aromatic rings. The highest BCUT2D eigenvalue weighted by atomic mass is 16.6. The molecule has 1 amide bonds. The molecule has 6 atom stereocenters. The standard InChI is InChI=1S/C33H38N2O3/c1-30(2,3)37-29(36)35-26-8-7-24-18-25-11-13-31(4)27(22-6-5-21-12-16-34-20-23(21)17-22)9-10-28(31)33(25)15-14-32(24,19-26)38-33/h5-8,11-12,16-18,20,26-28H,9-10,13-15,19H2,1-4H3,(H,35,36)/t26-,27+,28-,31-,32-,33-/m1/s1. The molecule has 7 rings (SSSR count). The van der Waals surface area contributed by atoms with E-state index in [4.69, 9.17) is 9.47 Å². The molecule has 3 heterocycles. The number of amides is 1. The maximum absolute atomic E-state index is 12.5. The van der Waals surface area contributed by atoms with Gasteiger partial charge in [-0.05, 0) is 104 Å². The molecule has 0 radical (unpaired) electrons. The van der Waals surface area contributed by atoms with Crippen LogP contribution in [0.25, 0.3) is 10.8 Å². The van der Waals surface area contributed by atoms with Crippen molar-refractivity contribution in [2.45, 2.75) is 95.0 Å². The van der Waals surface area contributed by atoms with E-state index in [0.29, 0.717) is 11.8 Å². The van der Waals surface area contributed by atoms with Gasteiger partial charge in [0.15, 0.2) is 0 Å². The van der Waals surface area contributed by atoms with Crippen molar-refractivity contribution in [2.24, 2.45) is 11.3 Å². The van der Waals surface area contributed by atoms with Gasteiger partial charge in [-0.15, -0.1) is 0 Å². The number of allylic oxidation sites excluding steroid dienone is 1. The molecule has 2 fully saturated rings. The van der Waals surface area contributed by atoms with E-state index in [0.717, 1.165) is 25.7 Å². The maximum atomic E-state index is 12.5. The Morgan fingerprint density at radius 3 is 2.84 bits per heavy atom. The molecule has 5 heteroatoms. The monoisotopic (exact) mass is 510 g/mol. The Bertz CT molecular complexity index is 1420. The van der Waals surface area contributed by atoms with Crippen LogP contribution in [-0.2, 0) is 9.47 Å². The number of benzene rings is 1. The number of ether oxygens (including phenoxy) is 2. The summed E-state index contributed by atoms with van der Waals surface area (Å²) in [6.45, 7) is 8.19. The lowest BCUT2D eigenvalue weighted by Crippen LogP contribution is -2.54. The Kier molecular flexibility index (Phi) is 5.11. The van der Waals surface area contributed by atoms with Crippen LogP contribution in [0.1, 0.15) is 77.7 Å². The molecule has 0 unspecified atom stereocenters. The summed E-state index contributed by atoms with van der Waals surface area (Å²) in [4.78, 5) is 16.9. The summed E-state index contributed by atoms with van der Waals surface area (Å²) in [6.07, 6.45) is 18.9. The van der Waals surface area contributed by atoms with Crippen molar-refractivity contribution in [3.63, 3.8) is 0 Å². The van der Waals surface area contributed by atoms with Gasteiger partial charge in [0.2, 0.25) is 0 Å². The summed E-state index contributed by atoms with van der Waals surface area (Å²) < 4.78 is 12.9. The number of nitrogens with zero attached hydrogens (tertiary/aromatic N) is 1. The molecule has 1 N–H and O–H groups in total. The molecular weight excluding hydrogens is 472 g/mol. The van der Waals surface area contributed by atoms with E-state index in [1.165, 1.54) is 40.3 Å². The number of hydrogen-bond donors (Lipinski definition) is 1. The molecular formula is C33H38N2O3. The fourth-order valence-corrected chi connectivity index (χ4v) is 8.49. The van der Waals surface area contributed by atoms with E-state index in [-0.39, 0.29) is 28.8 Å². The lowest BCUT2D eigenvalue weighted by Gasteiger charge is -2.53. The zero-order chi connectivity index (χ0) is 26.3. The fraction of sp³-hybridized carbons (Fsp3) is 0.515. The molecule has 198 valence electrons. The van der Waals surface area contributed by atoms with Crippen molar-refractivity contribution >= 4 is 16.9 Å². The summed E-state index contributed by atoms with van der Waals surface area (Å²) in [7, 11) is 0. The van der Waals surface area contributed by atoms with Crippen LogP contribution in [0.3, 0.4) is 0 Å². The lowest BCUT2D eigenvalue weighted by atomic mass is 9.58. The van der Waals surface area contributed by atoms with Gasteiger partial charge in [0.05, 0.1) is 17.2 Å². The maximum Gasteiger partial charge on any atom is 0.408 e. The molecule has 2 spiro atoms. The van der Waals surface area contributed by atoms with Crippen LogP contribution >= 0.6 is 0 Å². The summed E-state index contributed by atoms with van der Waals surface area (Å²) in [5.41, 5.74) is 3.15. The number of carbonyl (C=O) groups is 1. The van der Waals surface area contributed by atoms with Gasteiger partial charge in [-0.1, -0.05) is 43.4 Å². The van der Waals surface area contributed by atoms with Crippen LogP contribution in [0.5, 0.6) is 0 Å². The molecule has 5 nitrogen and oxygen atoms in total.